The Labute approximate surface area is 117 Å². The van der Waals surface area contributed by atoms with Crippen LogP contribution in [0.25, 0.3) is 0 Å². The van der Waals surface area contributed by atoms with E-state index in [-0.39, 0.29) is 11.1 Å². The summed E-state index contributed by atoms with van der Waals surface area (Å²) in [6.45, 7) is 4.01. The van der Waals surface area contributed by atoms with Gasteiger partial charge in [0.25, 0.3) is 5.91 Å². The fourth-order valence-corrected chi connectivity index (χ4v) is 2.19. The van der Waals surface area contributed by atoms with Crippen molar-refractivity contribution >= 4 is 23.2 Å². The van der Waals surface area contributed by atoms with Gasteiger partial charge >= 0.3 is 0 Å². The molecule has 2 aromatic rings. The molecule has 1 aromatic carbocycles. The summed E-state index contributed by atoms with van der Waals surface area (Å²) in [5.41, 5.74) is 3.49. The SMILES string of the molecule is Cc1cc(C)cc(N(C)C(=O)c2cccnc2Cl)c1. The van der Waals surface area contributed by atoms with Crippen molar-refractivity contribution in [2.24, 2.45) is 0 Å². The van der Waals surface area contributed by atoms with Crippen LogP contribution < -0.4 is 4.90 Å². The zero-order chi connectivity index (χ0) is 14.0. The van der Waals surface area contributed by atoms with E-state index in [2.05, 4.69) is 11.1 Å². The third kappa shape index (κ3) is 2.93. The number of aryl methyl sites for hydroxylation is 2. The van der Waals surface area contributed by atoms with Crippen LogP contribution >= 0.6 is 11.6 Å². The monoisotopic (exact) mass is 274 g/mol. The van der Waals surface area contributed by atoms with Crippen molar-refractivity contribution in [1.29, 1.82) is 0 Å². The lowest BCUT2D eigenvalue weighted by atomic mass is 10.1. The molecule has 1 heterocycles. The van der Waals surface area contributed by atoms with Crippen molar-refractivity contribution in [2.45, 2.75) is 13.8 Å². The molecular weight excluding hydrogens is 260 g/mol. The van der Waals surface area contributed by atoms with E-state index < -0.39 is 0 Å². The van der Waals surface area contributed by atoms with Crippen molar-refractivity contribution < 1.29 is 4.79 Å². The Kier molecular flexibility index (Phi) is 3.86. The number of rotatable bonds is 2. The number of amides is 1. The number of aromatic nitrogens is 1. The maximum Gasteiger partial charge on any atom is 0.261 e. The van der Waals surface area contributed by atoms with Crippen LogP contribution in [0.4, 0.5) is 5.69 Å². The van der Waals surface area contributed by atoms with Gasteiger partial charge in [0.15, 0.2) is 0 Å². The van der Waals surface area contributed by atoms with E-state index in [1.165, 1.54) is 0 Å². The third-order valence-corrected chi connectivity index (χ3v) is 3.19. The summed E-state index contributed by atoms with van der Waals surface area (Å²) in [4.78, 5) is 17.9. The number of pyridine rings is 1. The van der Waals surface area contributed by atoms with Crippen LogP contribution in [0, 0.1) is 13.8 Å². The van der Waals surface area contributed by atoms with Gasteiger partial charge in [-0.25, -0.2) is 4.98 Å². The average molecular weight is 275 g/mol. The highest BCUT2D eigenvalue weighted by Crippen LogP contribution is 2.21. The van der Waals surface area contributed by atoms with E-state index in [0.717, 1.165) is 16.8 Å². The molecule has 0 aliphatic heterocycles. The first kappa shape index (κ1) is 13.6. The second-order valence-corrected chi connectivity index (χ2v) is 4.91. The molecule has 19 heavy (non-hydrogen) atoms. The van der Waals surface area contributed by atoms with E-state index >= 15 is 0 Å². The molecule has 3 nitrogen and oxygen atoms in total. The Morgan fingerprint density at radius 2 is 1.84 bits per heavy atom. The van der Waals surface area contributed by atoms with Gasteiger partial charge in [-0.05, 0) is 49.2 Å². The van der Waals surface area contributed by atoms with Crippen molar-refractivity contribution in [2.75, 3.05) is 11.9 Å². The number of hydrogen-bond donors (Lipinski definition) is 0. The second-order valence-electron chi connectivity index (χ2n) is 4.55. The molecule has 4 heteroatoms. The van der Waals surface area contributed by atoms with E-state index in [0.29, 0.717) is 5.56 Å². The van der Waals surface area contributed by atoms with Crippen LogP contribution in [0.1, 0.15) is 21.5 Å². The van der Waals surface area contributed by atoms with Crippen LogP contribution in [0.3, 0.4) is 0 Å². The van der Waals surface area contributed by atoms with Crippen LogP contribution in [0.5, 0.6) is 0 Å². The molecule has 0 aliphatic carbocycles. The summed E-state index contributed by atoms with van der Waals surface area (Å²) < 4.78 is 0. The molecule has 0 fully saturated rings. The topological polar surface area (TPSA) is 33.2 Å². The predicted octanol–water partition coefficient (Wildman–Crippen LogP) is 3.63. The molecule has 0 radical (unpaired) electrons. The molecule has 1 amide bonds. The number of benzene rings is 1. The molecular formula is C15H15ClN2O. The van der Waals surface area contributed by atoms with Gasteiger partial charge in [0.1, 0.15) is 5.15 Å². The molecule has 2 rings (SSSR count). The zero-order valence-corrected chi connectivity index (χ0v) is 11.9. The number of halogens is 1. The van der Waals surface area contributed by atoms with Crippen molar-refractivity contribution in [3.63, 3.8) is 0 Å². The Balaban J connectivity index is 2.36. The summed E-state index contributed by atoms with van der Waals surface area (Å²) in [6, 6.07) is 9.38. The lowest BCUT2D eigenvalue weighted by Gasteiger charge is -2.19. The highest BCUT2D eigenvalue weighted by molar-refractivity contribution is 6.33. The number of carbonyl (C=O) groups excluding carboxylic acids is 1. The predicted molar refractivity (Wildman–Crippen MR) is 77.9 cm³/mol. The first-order valence-corrected chi connectivity index (χ1v) is 6.33. The fraction of sp³-hybridized carbons (Fsp3) is 0.200. The first-order valence-electron chi connectivity index (χ1n) is 5.96. The lowest BCUT2D eigenvalue weighted by Crippen LogP contribution is -2.26. The maximum atomic E-state index is 12.4. The fourth-order valence-electron chi connectivity index (χ4n) is 1.99. The lowest BCUT2D eigenvalue weighted by molar-refractivity contribution is 0.0993. The van der Waals surface area contributed by atoms with Crippen molar-refractivity contribution in [3.05, 3.63) is 58.4 Å². The summed E-state index contributed by atoms with van der Waals surface area (Å²) in [5, 5.41) is 0.226. The van der Waals surface area contributed by atoms with Gasteiger partial charge in [0.05, 0.1) is 5.56 Å². The van der Waals surface area contributed by atoms with E-state index in [9.17, 15) is 4.79 Å². The Morgan fingerprint density at radius 1 is 1.21 bits per heavy atom. The second kappa shape index (κ2) is 5.41. The van der Waals surface area contributed by atoms with Crippen LogP contribution in [0.2, 0.25) is 5.15 Å². The van der Waals surface area contributed by atoms with Gasteiger partial charge in [-0.15, -0.1) is 0 Å². The van der Waals surface area contributed by atoms with Gasteiger partial charge in [0, 0.05) is 18.9 Å². The molecule has 98 valence electrons. The standard InChI is InChI=1S/C15H15ClN2O/c1-10-7-11(2)9-12(8-10)18(3)15(19)13-5-4-6-17-14(13)16/h4-9H,1-3H3. The van der Waals surface area contributed by atoms with Gasteiger partial charge in [-0.3, -0.25) is 4.79 Å². The number of carbonyl (C=O) groups is 1. The highest BCUT2D eigenvalue weighted by atomic mass is 35.5. The van der Waals surface area contributed by atoms with Crippen LogP contribution in [0.15, 0.2) is 36.5 Å². The molecule has 0 atom stereocenters. The van der Waals surface area contributed by atoms with E-state index in [4.69, 9.17) is 11.6 Å². The highest BCUT2D eigenvalue weighted by Gasteiger charge is 2.17. The van der Waals surface area contributed by atoms with Crippen LogP contribution in [-0.2, 0) is 0 Å². The smallest absolute Gasteiger partial charge is 0.261 e. The molecule has 0 spiro atoms. The molecule has 1 aromatic heterocycles. The summed E-state index contributed by atoms with van der Waals surface area (Å²) in [7, 11) is 1.74. The van der Waals surface area contributed by atoms with Crippen molar-refractivity contribution in [1.82, 2.24) is 4.98 Å². The zero-order valence-electron chi connectivity index (χ0n) is 11.1. The van der Waals surface area contributed by atoms with Crippen LogP contribution in [-0.4, -0.2) is 17.9 Å². The van der Waals surface area contributed by atoms with Crippen molar-refractivity contribution in [3.8, 4) is 0 Å². The maximum absolute atomic E-state index is 12.4. The molecule has 0 unspecified atom stereocenters. The van der Waals surface area contributed by atoms with E-state index in [1.54, 1.807) is 30.3 Å². The van der Waals surface area contributed by atoms with E-state index in [1.807, 2.05) is 26.0 Å². The minimum Gasteiger partial charge on any atom is -0.311 e. The number of hydrogen-bond acceptors (Lipinski definition) is 2. The van der Waals surface area contributed by atoms with Gasteiger partial charge in [-0.1, -0.05) is 17.7 Å². The van der Waals surface area contributed by atoms with Gasteiger partial charge in [0.2, 0.25) is 0 Å². The molecule has 0 aliphatic rings. The molecule has 0 saturated heterocycles. The Bertz CT molecular complexity index is 605. The summed E-state index contributed by atoms with van der Waals surface area (Å²) >= 11 is 5.95. The first-order chi connectivity index (χ1) is 8.99. The Hall–Kier alpha value is -1.87. The molecule has 0 bridgehead atoms. The van der Waals surface area contributed by atoms with Gasteiger partial charge < -0.3 is 4.90 Å². The Morgan fingerprint density at radius 3 is 2.42 bits per heavy atom. The number of nitrogens with zero attached hydrogens (tertiary/aromatic N) is 2. The minimum absolute atomic E-state index is 0.164. The molecule has 0 saturated carbocycles. The normalized spacial score (nSPS) is 10.3. The largest absolute Gasteiger partial charge is 0.311 e. The third-order valence-electron chi connectivity index (χ3n) is 2.89. The van der Waals surface area contributed by atoms with Gasteiger partial charge in [-0.2, -0.15) is 0 Å². The molecule has 0 N–H and O–H groups in total. The quantitative estimate of drug-likeness (QED) is 0.784. The number of anilines is 1. The summed E-state index contributed by atoms with van der Waals surface area (Å²) in [6.07, 6.45) is 1.57. The average Bonchev–Trinajstić information content (AvgIpc) is 2.36. The minimum atomic E-state index is -0.164. The summed E-state index contributed by atoms with van der Waals surface area (Å²) in [5.74, 6) is -0.164.